The minimum Gasteiger partial charge on any atom is -0.365 e. The largest absolute Gasteiger partial charge is 0.365 e. The summed E-state index contributed by atoms with van der Waals surface area (Å²) < 4.78 is 0. The highest BCUT2D eigenvalue weighted by Gasteiger charge is 2.25. The monoisotopic (exact) mass is 352 g/mol. The number of carbonyl (C=O) groups is 1. The highest BCUT2D eigenvalue weighted by Crippen LogP contribution is 2.23. The maximum Gasteiger partial charge on any atom is 0.272 e. The summed E-state index contributed by atoms with van der Waals surface area (Å²) >= 11 is 0. The second-order valence-corrected chi connectivity index (χ2v) is 8.09. The third-order valence-corrected chi connectivity index (χ3v) is 4.66. The van der Waals surface area contributed by atoms with Gasteiger partial charge in [-0.3, -0.25) is 4.79 Å². The summed E-state index contributed by atoms with van der Waals surface area (Å²) in [7, 11) is 0. The Morgan fingerprint density at radius 1 is 1.15 bits per heavy atom. The van der Waals surface area contributed by atoms with Crippen molar-refractivity contribution in [2.24, 2.45) is 5.92 Å². The molecule has 1 aromatic heterocycles. The first-order valence-electron chi connectivity index (χ1n) is 9.34. The number of amides is 1. The number of hydrogen-bond acceptors (Lipinski definition) is 4. The van der Waals surface area contributed by atoms with Crippen LogP contribution in [0.5, 0.6) is 0 Å². The molecule has 0 aliphatic carbocycles. The molecule has 2 heterocycles. The molecule has 1 saturated heterocycles. The van der Waals surface area contributed by atoms with Crippen LogP contribution in [0.15, 0.2) is 42.7 Å². The van der Waals surface area contributed by atoms with Gasteiger partial charge in [-0.15, -0.1) is 0 Å². The van der Waals surface area contributed by atoms with Gasteiger partial charge >= 0.3 is 0 Å². The maximum absolute atomic E-state index is 12.8. The molecule has 5 nitrogen and oxygen atoms in total. The topological polar surface area (TPSA) is 58.1 Å². The normalized spacial score (nSPS) is 15.7. The van der Waals surface area contributed by atoms with Gasteiger partial charge in [0, 0.05) is 24.7 Å². The minimum absolute atomic E-state index is 0.00233. The van der Waals surface area contributed by atoms with Crippen molar-refractivity contribution in [3.05, 3.63) is 54.0 Å². The number of hydrogen-bond donors (Lipinski definition) is 1. The number of aromatic nitrogens is 2. The Balaban J connectivity index is 1.57. The van der Waals surface area contributed by atoms with Gasteiger partial charge in [0.1, 0.15) is 17.8 Å². The highest BCUT2D eigenvalue weighted by molar-refractivity contribution is 5.93. The number of likely N-dealkylation sites (tertiary alicyclic amines) is 1. The first kappa shape index (κ1) is 18.4. The lowest BCUT2D eigenvalue weighted by molar-refractivity contribution is 0.0684. The van der Waals surface area contributed by atoms with Crippen LogP contribution in [0.3, 0.4) is 0 Å². The average molecular weight is 352 g/mol. The van der Waals surface area contributed by atoms with Gasteiger partial charge in [0.25, 0.3) is 5.91 Å². The lowest BCUT2D eigenvalue weighted by Crippen LogP contribution is -2.39. The van der Waals surface area contributed by atoms with Crippen molar-refractivity contribution < 1.29 is 4.79 Å². The van der Waals surface area contributed by atoms with Crippen molar-refractivity contribution in [3.63, 3.8) is 0 Å². The molecule has 1 fully saturated rings. The van der Waals surface area contributed by atoms with E-state index >= 15 is 0 Å². The molecule has 138 valence electrons. The summed E-state index contributed by atoms with van der Waals surface area (Å²) in [4.78, 5) is 23.1. The van der Waals surface area contributed by atoms with Crippen LogP contribution in [0.4, 0.5) is 5.82 Å². The fourth-order valence-electron chi connectivity index (χ4n) is 3.38. The molecule has 0 atom stereocenters. The Bertz CT molecular complexity index is 731. The van der Waals surface area contributed by atoms with Crippen LogP contribution in [0.1, 0.15) is 49.7 Å². The maximum atomic E-state index is 12.8. The predicted octanol–water partition coefficient (Wildman–Crippen LogP) is 3.78. The third kappa shape index (κ3) is 5.04. The van der Waals surface area contributed by atoms with Gasteiger partial charge in [-0.1, -0.05) is 30.3 Å². The van der Waals surface area contributed by atoms with E-state index in [0.717, 1.165) is 32.4 Å². The molecule has 0 unspecified atom stereocenters. The van der Waals surface area contributed by atoms with Crippen LogP contribution in [0.2, 0.25) is 0 Å². The van der Waals surface area contributed by atoms with E-state index in [1.165, 1.54) is 11.9 Å². The van der Waals surface area contributed by atoms with E-state index in [1.807, 2.05) is 4.90 Å². The molecule has 1 aliphatic heterocycles. The number of piperidine rings is 1. The van der Waals surface area contributed by atoms with E-state index < -0.39 is 0 Å². The molecule has 3 rings (SSSR count). The quantitative estimate of drug-likeness (QED) is 0.910. The van der Waals surface area contributed by atoms with Gasteiger partial charge in [0.05, 0.1) is 0 Å². The van der Waals surface area contributed by atoms with Gasteiger partial charge < -0.3 is 10.2 Å². The van der Waals surface area contributed by atoms with Crippen molar-refractivity contribution >= 4 is 11.7 Å². The second kappa shape index (κ2) is 7.85. The molecular formula is C21H28N4O. The molecule has 0 bridgehead atoms. The Kier molecular flexibility index (Phi) is 5.55. The highest BCUT2D eigenvalue weighted by atomic mass is 16.2. The van der Waals surface area contributed by atoms with Gasteiger partial charge in [-0.05, 0) is 51.5 Å². The zero-order valence-corrected chi connectivity index (χ0v) is 15.9. The minimum atomic E-state index is -0.107. The summed E-state index contributed by atoms with van der Waals surface area (Å²) in [5, 5.41) is 3.29. The summed E-state index contributed by atoms with van der Waals surface area (Å²) in [6, 6.07) is 12.3. The molecule has 0 saturated carbocycles. The van der Waals surface area contributed by atoms with Crippen LogP contribution in [-0.4, -0.2) is 39.4 Å². The molecular weight excluding hydrogens is 324 g/mol. The van der Waals surface area contributed by atoms with Crippen LogP contribution >= 0.6 is 0 Å². The van der Waals surface area contributed by atoms with E-state index in [-0.39, 0.29) is 11.4 Å². The summed E-state index contributed by atoms with van der Waals surface area (Å²) in [5.74, 6) is 1.34. The van der Waals surface area contributed by atoms with Crippen LogP contribution in [-0.2, 0) is 6.42 Å². The van der Waals surface area contributed by atoms with Crippen molar-refractivity contribution in [3.8, 4) is 0 Å². The predicted molar refractivity (Wildman–Crippen MR) is 104 cm³/mol. The average Bonchev–Trinajstić information content (AvgIpc) is 2.61. The Morgan fingerprint density at radius 2 is 1.85 bits per heavy atom. The van der Waals surface area contributed by atoms with E-state index in [9.17, 15) is 4.79 Å². The molecule has 26 heavy (non-hydrogen) atoms. The summed E-state index contributed by atoms with van der Waals surface area (Å²) in [6.07, 6.45) is 4.64. The molecule has 2 aromatic rings. The number of benzene rings is 1. The lowest BCUT2D eigenvalue weighted by atomic mass is 9.90. The first-order valence-corrected chi connectivity index (χ1v) is 9.34. The van der Waals surface area contributed by atoms with Crippen LogP contribution in [0.25, 0.3) is 0 Å². The summed E-state index contributed by atoms with van der Waals surface area (Å²) in [6.45, 7) is 7.78. The van der Waals surface area contributed by atoms with E-state index in [1.54, 1.807) is 6.07 Å². The fourth-order valence-corrected chi connectivity index (χ4v) is 3.38. The smallest absolute Gasteiger partial charge is 0.272 e. The van der Waals surface area contributed by atoms with Gasteiger partial charge in [0.15, 0.2) is 0 Å². The third-order valence-electron chi connectivity index (χ3n) is 4.66. The first-order chi connectivity index (χ1) is 12.4. The Morgan fingerprint density at radius 3 is 2.50 bits per heavy atom. The van der Waals surface area contributed by atoms with Crippen LogP contribution < -0.4 is 5.32 Å². The van der Waals surface area contributed by atoms with E-state index in [2.05, 4.69) is 66.4 Å². The van der Waals surface area contributed by atoms with Crippen molar-refractivity contribution in [2.45, 2.75) is 45.6 Å². The Labute approximate surface area is 155 Å². The summed E-state index contributed by atoms with van der Waals surface area (Å²) in [5.41, 5.74) is 1.74. The number of anilines is 1. The molecule has 1 aromatic carbocycles. The second-order valence-electron chi connectivity index (χ2n) is 8.09. The molecule has 1 aliphatic rings. The zero-order chi connectivity index (χ0) is 18.6. The fraction of sp³-hybridized carbons (Fsp3) is 0.476. The number of carbonyl (C=O) groups excluding carboxylic acids is 1. The van der Waals surface area contributed by atoms with Gasteiger partial charge in [0.2, 0.25) is 0 Å². The van der Waals surface area contributed by atoms with Crippen molar-refractivity contribution in [1.82, 2.24) is 14.9 Å². The van der Waals surface area contributed by atoms with Gasteiger partial charge in [-0.25, -0.2) is 9.97 Å². The SMILES string of the molecule is CC(C)(C)Nc1cc(C(=O)N2CCC(Cc3ccccc3)CC2)ncn1. The number of nitrogens with zero attached hydrogens (tertiary/aromatic N) is 3. The number of rotatable bonds is 4. The molecule has 1 amide bonds. The molecule has 0 radical (unpaired) electrons. The van der Waals surface area contributed by atoms with E-state index in [0.29, 0.717) is 17.4 Å². The lowest BCUT2D eigenvalue weighted by Gasteiger charge is -2.32. The van der Waals surface area contributed by atoms with Crippen LogP contribution in [0, 0.1) is 5.92 Å². The number of nitrogens with one attached hydrogen (secondary N) is 1. The molecule has 1 N–H and O–H groups in total. The zero-order valence-electron chi connectivity index (χ0n) is 15.9. The Hall–Kier alpha value is -2.43. The van der Waals surface area contributed by atoms with E-state index in [4.69, 9.17) is 0 Å². The van der Waals surface area contributed by atoms with Crippen molar-refractivity contribution in [1.29, 1.82) is 0 Å². The van der Waals surface area contributed by atoms with Crippen molar-refractivity contribution in [2.75, 3.05) is 18.4 Å². The standard InChI is InChI=1S/C21H28N4O/c1-21(2,3)24-19-14-18(22-15-23-19)20(26)25-11-9-17(10-12-25)13-16-7-5-4-6-8-16/h4-8,14-15,17H,9-13H2,1-3H3,(H,22,23,24). The molecule has 0 spiro atoms. The molecule has 5 heteroatoms. The van der Waals surface area contributed by atoms with Gasteiger partial charge in [-0.2, -0.15) is 0 Å².